The van der Waals surface area contributed by atoms with Crippen LogP contribution in [0.5, 0.6) is 0 Å². The summed E-state index contributed by atoms with van der Waals surface area (Å²) in [5.41, 5.74) is 3.83. The van der Waals surface area contributed by atoms with Gasteiger partial charge in [-0.2, -0.15) is 0 Å². The van der Waals surface area contributed by atoms with Crippen LogP contribution in [0.15, 0.2) is 42.6 Å². The van der Waals surface area contributed by atoms with E-state index < -0.39 is 0 Å². The van der Waals surface area contributed by atoms with Gasteiger partial charge in [0.25, 0.3) is 0 Å². The topological polar surface area (TPSA) is 42.0 Å². The SMILES string of the molecule is Cc1cccc(C)c1NC(=O)Cc1ccccn1. The minimum absolute atomic E-state index is 0.0360. The Morgan fingerprint density at radius 3 is 2.44 bits per heavy atom. The molecule has 0 fully saturated rings. The van der Waals surface area contributed by atoms with Crippen molar-refractivity contribution < 1.29 is 4.79 Å². The number of nitrogens with one attached hydrogen (secondary N) is 1. The van der Waals surface area contributed by atoms with Gasteiger partial charge in [0, 0.05) is 17.6 Å². The molecular weight excluding hydrogens is 224 g/mol. The highest BCUT2D eigenvalue weighted by molar-refractivity contribution is 5.93. The fraction of sp³-hybridized carbons (Fsp3) is 0.200. The number of pyridine rings is 1. The lowest BCUT2D eigenvalue weighted by Gasteiger charge is -2.11. The monoisotopic (exact) mass is 240 g/mol. The van der Waals surface area contributed by atoms with Crippen LogP contribution in [0, 0.1) is 13.8 Å². The summed E-state index contributed by atoms with van der Waals surface area (Å²) in [5, 5.41) is 2.95. The van der Waals surface area contributed by atoms with Gasteiger partial charge in [-0.15, -0.1) is 0 Å². The van der Waals surface area contributed by atoms with Crippen molar-refractivity contribution >= 4 is 11.6 Å². The van der Waals surface area contributed by atoms with Crippen LogP contribution in [0.1, 0.15) is 16.8 Å². The molecule has 1 aromatic carbocycles. The molecule has 0 saturated carbocycles. The number of carbonyl (C=O) groups excluding carboxylic acids is 1. The third-order valence-corrected chi connectivity index (χ3v) is 2.81. The van der Waals surface area contributed by atoms with Crippen LogP contribution >= 0.6 is 0 Å². The molecule has 0 bridgehead atoms. The second-order valence-corrected chi connectivity index (χ2v) is 4.31. The smallest absolute Gasteiger partial charge is 0.230 e. The van der Waals surface area contributed by atoms with Gasteiger partial charge >= 0.3 is 0 Å². The number of aromatic nitrogens is 1. The maximum absolute atomic E-state index is 11.9. The van der Waals surface area contributed by atoms with Crippen molar-refractivity contribution in [2.45, 2.75) is 20.3 Å². The first-order chi connectivity index (χ1) is 8.66. The molecule has 2 rings (SSSR count). The number of anilines is 1. The zero-order valence-corrected chi connectivity index (χ0v) is 10.6. The van der Waals surface area contributed by atoms with Crippen molar-refractivity contribution in [1.29, 1.82) is 0 Å². The normalized spacial score (nSPS) is 10.1. The highest BCUT2D eigenvalue weighted by Gasteiger charge is 2.08. The number of hydrogen-bond acceptors (Lipinski definition) is 2. The van der Waals surface area contributed by atoms with Gasteiger partial charge in [0.15, 0.2) is 0 Å². The number of carbonyl (C=O) groups is 1. The number of nitrogens with zero attached hydrogens (tertiary/aromatic N) is 1. The Morgan fingerprint density at radius 1 is 1.11 bits per heavy atom. The van der Waals surface area contributed by atoms with Crippen molar-refractivity contribution in [3.8, 4) is 0 Å². The van der Waals surface area contributed by atoms with Gasteiger partial charge in [-0.3, -0.25) is 9.78 Å². The van der Waals surface area contributed by atoms with Crippen LogP contribution < -0.4 is 5.32 Å². The summed E-state index contributed by atoms with van der Waals surface area (Å²) in [6, 6.07) is 11.5. The molecule has 0 aliphatic carbocycles. The number of benzene rings is 1. The second kappa shape index (κ2) is 5.45. The minimum atomic E-state index is -0.0360. The molecule has 0 aliphatic heterocycles. The summed E-state index contributed by atoms with van der Waals surface area (Å²) >= 11 is 0. The van der Waals surface area contributed by atoms with E-state index in [1.54, 1.807) is 6.20 Å². The van der Waals surface area contributed by atoms with Crippen molar-refractivity contribution in [3.63, 3.8) is 0 Å². The van der Waals surface area contributed by atoms with Gasteiger partial charge in [0.1, 0.15) is 0 Å². The Labute approximate surface area is 107 Å². The van der Waals surface area contributed by atoms with E-state index in [1.807, 2.05) is 50.2 Å². The molecule has 0 unspecified atom stereocenters. The molecule has 1 heterocycles. The molecule has 0 spiro atoms. The molecule has 1 N–H and O–H groups in total. The van der Waals surface area contributed by atoms with Crippen LogP contribution in [-0.4, -0.2) is 10.9 Å². The van der Waals surface area contributed by atoms with Crippen LogP contribution in [0.2, 0.25) is 0 Å². The average molecular weight is 240 g/mol. The summed E-state index contributed by atoms with van der Waals surface area (Å²) in [6.07, 6.45) is 2.00. The third-order valence-electron chi connectivity index (χ3n) is 2.81. The summed E-state index contributed by atoms with van der Waals surface area (Å²) in [4.78, 5) is 16.1. The average Bonchev–Trinajstić information content (AvgIpc) is 2.35. The largest absolute Gasteiger partial charge is 0.325 e. The molecule has 3 nitrogen and oxygen atoms in total. The molecule has 18 heavy (non-hydrogen) atoms. The third kappa shape index (κ3) is 2.94. The fourth-order valence-electron chi connectivity index (χ4n) is 1.86. The van der Waals surface area contributed by atoms with Gasteiger partial charge in [-0.05, 0) is 37.1 Å². The Kier molecular flexibility index (Phi) is 3.72. The molecule has 0 aliphatic rings. The predicted octanol–water partition coefficient (Wildman–Crippen LogP) is 2.88. The van der Waals surface area contributed by atoms with E-state index >= 15 is 0 Å². The van der Waals surface area contributed by atoms with E-state index in [0.717, 1.165) is 22.5 Å². The first-order valence-corrected chi connectivity index (χ1v) is 5.93. The number of hydrogen-bond donors (Lipinski definition) is 1. The molecule has 1 aromatic heterocycles. The molecule has 92 valence electrons. The van der Waals surface area contributed by atoms with E-state index in [-0.39, 0.29) is 5.91 Å². The maximum atomic E-state index is 11.9. The van der Waals surface area contributed by atoms with Gasteiger partial charge in [0.2, 0.25) is 5.91 Å². The van der Waals surface area contributed by atoms with Crippen molar-refractivity contribution in [2.75, 3.05) is 5.32 Å². The second-order valence-electron chi connectivity index (χ2n) is 4.31. The van der Waals surface area contributed by atoms with Crippen LogP contribution in [0.25, 0.3) is 0 Å². The molecule has 3 heteroatoms. The molecule has 1 amide bonds. The van der Waals surface area contributed by atoms with E-state index in [2.05, 4.69) is 10.3 Å². The molecular formula is C15H16N2O. The zero-order chi connectivity index (χ0) is 13.0. The predicted molar refractivity (Wildman–Crippen MR) is 72.5 cm³/mol. The summed E-state index contributed by atoms with van der Waals surface area (Å²) in [7, 11) is 0. The van der Waals surface area contributed by atoms with Gasteiger partial charge in [0.05, 0.1) is 6.42 Å². The van der Waals surface area contributed by atoms with Crippen molar-refractivity contribution in [2.24, 2.45) is 0 Å². The van der Waals surface area contributed by atoms with Gasteiger partial charge < -0.3 is 5.32 Å². The molecule has 0 saturated heterocycles. The Morgan fingerprint density at radius 2 is 1.83 bits per heavy atom. The summed E-state index contributed by atoms with van der Waals surface area (Å²) in [6.45, 7) is 3.98. The summed E-state index contributed by atoms with van der Waals surface area (Å²) in [5.74, 6) is -0.0360. The fourth-order valence-corrected chi connectivity index (χ4v) is 1.86. The van der Waals surface area contributed by atoms with E-state index in [9.17, 15) is 4.79 Å². The highest BCUT2D eigenvalue weighted by atomic mass is 16.1. The zero-order valence-electron chi connectivity index (χ0n) is 10.6. The minimum Gasteiger partial charge on any atom is -0.325 e. The standard InChI is InChI=1S/C15H16N2O/c1-11-6-5-7-12(2)15(11)17-14(18)10-13-8-3-4-9-16-13/h3-9H,10H2,1-2H3,(H,17,18). The highest BCUT2D eigenvalue weighted by Crippen LogP contribution is 2.19. The summed E-state index contributed by atoms with van der Waals surface area (Å²) < 4.78 is 0. The quantitative estimate of drug-likeness (QED) is 0.896. The number of amides is 1. The first-order valence-electron chi connectivity index (χ1n) is 5.93. The van der Waals surface area contributed by atoms with E-state index in [1.165, 1.54) is 0 Å². The van der Waals surface area contributed by atoms with Crippen molar-refractivity contribution in [1.82, 2.24) is 4.98 Å². The lowest BCUT2D eigenvalue weighted by molar-refractivity contribution is -0.115. The molecule has 0 atom stereocenters. The molecule has 0 radical (unpaired) electrons. The van der Waals surface area contributed by atoms with E-state index in [0.29, 0.717) is 6.42 Å². The Hall–Kier alpha value is -2.16. The van der Waals surface area contributed by atoms with E-state index in [4.69, 9.17) is 0 Å². The lowest BCUT2D eigenvalue weighted by Crippen LogP contribution is -2.16. The van der Waals surface area contributed by atoms with Crippen LogP contribution in [0.4, 0.5) is 5.69 Å². The molecule has 2 aromatic rings. The Balaban J connectivity index is 2.08. The van der Waals surface area contributed by atoms with Crippen LogP contribution in [-0.2, 0) is 11.2 Å². The van der Waals surface area contributed by atoms with Crippen molar-refractivity contribution in [3.05, 3.63) is 59.4 Å². The van der Waals surface area contributed by atoms with Gasteiger partial charge in [-0.1, -0.05) is 24.3 Å². The number of para-hydroxylation sites is 1. The number of rotatable bonds is 3. The Bertz CT molecular complexity index is 529. The van der Waals surface area contributed by atoms with Gasteiger partial charge in [-0.25, -0.2) is 0 Å². The number of aryl methyl sites for hydroxylation is 2. The lowest BCUT2D eigenvalue weighted by atomic mass is 10.1. The maximum Gasteiger partial charge on any atom is 0.230 e. The first kappa shape index (κ1) is 12.3. The van der Waals surface area contributed by atoms with Crippen LogP contribution in [0.3, 0.4) is 0 Å².